The highest BCUT2D eigenvalue weighted by Gasteiger charge is 2.17. The molecule has 28 heavy (non-hydrogen) atoms. The monoisotopic (exact) mass is 380 g/mol. The van der Waals surface area contributed by atoms with Crippen LogP contribution in [-0.4, -0.2) is 37.8 Å². The van der Waals surface area contributed by atoms with E-state index >= 15 is 0 Å². The molecular formula is C19H17FN6O2. The Labute approximate surface area is 159 Å². The molecule has 0 unspecified atom stereocenters. The van der Waals surface area contributed by atoms with Crippen LogP contribution in [0.1, 0.15) is 21.7 Å². The number of carbonyl (C=O) groups is 1. The third-order valence-electron chi connectivity index (χ3n) is 4.37. The highest BCUT2D eigenvalue weighted by molar-refractivity contribution is 6.09. The van der Waals surface area contributed by atoms with Crippen molar-refractivity contribution in [2.75, 3.05) is 12.4 Å². The maximum atomic E-state index is 14.4. The molecule has 4 aromatic rings. The van der Waals surface area contributed by atoms with Crippen molar-refractivity contribution in [1.82, 2.24) is 24.8 Å². The molecule has 4 rings (SSSR count). The lowest BCUT2D eigenvalue weighted by Gasteiger charge is -2.10. The molecule has 3 heterocycles. The van der Waals surface area contributed by atoms with E-state index in [0.29, 0.717) is 33.9 Å². The third-order valence-corrected chi connectivity index (χ3v) is 4.37. The second kappa shape index (κ2) is 6.76. The van der Waals surface area contributed by atoms with Crippen molar-refractivity contribution in [2.45, 2.75) is 13.8 Å². The average Bonchev–Trinajstić information content (AvgIpc) is 3.29. The number of aromatic amines is 1. The second-order valence-corrected chi connectivity index (χ2v) is 6.30. The molecule has 0 saturated carbocycles. The van der Waals surface area contributed by atoms with Gasteiger partial charge in [-0.3, -0.25) is 9.89 Å². The van der Waals surface area contributed by atoms with E-state index in [-0.39, 0.29) is 17.3 Å². The molecule has 0 bridgehead atoms. The van der Waals surface area contributed by atoms with E-state index < -0.39 is 5.82 Å². The number of anilines is 1. The molecule has 0 aliphatic rings. The third kappa shape index (κ3) is 3.07. The molecule has 0 aliphatic heterocycles. The van der Waals surface area contributed by atoms with Crippen molar-refractivity contribution in [1.29, 1.82) is 0 Å². The number of nitrogens with one attached hydrogen (secondary N) is 2. The fourth-order valence-electron chi connectivity index (χ4n) is 2.89. The van der Waals surface area contributed by atoms with E-state index in [1.165, 1.54) is 18.3 Å². The quantitative estimate of drug-likeness (QED) is 0.567. The Bertz CT molecular complexity index is 1200. The van der Waals surface area contributed by atoms with Crippen molar-refractivity contribution < 1.29 is 13.9 Å². The number of hydrogen-bond donors (Lipinski definition) is 2. The van der Waals surface area contributed by atoms with E-state index in [2.05, 4.69) is 25.6 Å². The zero-order valence-electron chi connectivity index (χ0n) is 15.4. The van der Waals surface area contributed by atoms with Crippen LogP contribution in [0.5, 0.6) is 5.75 Å². The molecule has 0 radical (unpaired) electrons. The first-order valence-corrected chi connectivity index (χ1v) is 8.48. The Kier molecular flexibility index (Phi) is 4.26. The largest absolute Gasteiger partial charge is 0.495 e. The van der Waals surface area contributed by atoms with Crippen LogP contribution < -0.4 is 10.1 Å². The van der Waals surface area contributed by atoms with Crippen LogP contribution >= 0.6 is 0 Å². The number of aromatic nitrogens is 5. The summed E-state index contributed by atoms with van der Waals surface area (Å²) in [5, 5.41) is 13.7. The number of nitrogens with zero attached hydrogens (tertiary/aromatic N) is 4. The average molecular weight is 380 g/mol. The number of methoxy groups -OCH3 is 1. The number of halogens is 1. The molecule has 9 heteroatoms. The van der Waals surface area contributed by atoms with Gasteiger partial charge < -0.3 is 10.1 Å². The summed E-state index contributed by atoms with van der Waals surface area (Å²) in [7, 11) is 1.56. The van der Waals surface area contributed by atoms with Crippen LogP contribution in [0.15, 0.2) is 36.7 Å². The number of fused-ring (bicyclic) bond motifs is 1. The molecule has 1 amide bonds. The van der Waals surface area contributed by atoms with Crippen molar-refractivity contribution >= 4 is 17.1 Å². The number of aryl methyl sites for hydroxylation is 2. The highest BCUT2D eigenvalue weighted by atomic mass is 19.1. The fraction of sp³-hybridized carbons (Fsp3) is 0.158. The van der Waals surface area contributed by atoms with Gasteiger partial charge in [-0.05, 0) is 43.7 Å². The predicted molar refractivity (Wildman–Crippen MR) is 101 cm³/mol. The summed E-state index contributed by atoms with van der Waals surface area (Å²) in [4.78, 5) is 17.0. The maximum Gasteiger partial charge on any atom is 0.259 e. The lowest BCUT2D eigenvalue weighted by atomic mass is 10.1. The molecule has 0 spiro atoms. The maximum absolute atomic E-state index is 14.4. The Hall–Kier alpha value is -3.75. The molecule has 0 saturated heterocycles. The molecular weight excluding hydrogens is 363 g/mol. The van der Waals surface area contributed by atoms with E-state index in [0.717, 1.165) is 0 Å². The number of amides is 1. The van der Waals surface area contributed by atoms with Gasteiger partial charge in [-0.15, -0.1) is 0 Å². The van der Waals surface area contributed by atoms with Gasteiger partial charge in [-0.2, -0.15) is 10.2 Å². The van der Waals surface area contributed by atoms with Gasteiger partial charge in [0.25, 0.3) is 5.91 Å². The van der Waals surface area contributed by atoms with Crippen molar-refractivity contribution in [3.63, 3.8) is 0 Å². The van der Waals surface area contributed by atoms with E-state index in [4.69, 9.17) is 4.74 Å². The van der Waals surface area contributed by atoms with Gasteiger partial charge in [0, 0.05) is 5.69 Å². The summed E-state index contributed by atoms with van der Waals surface area (Å²) < 4.78 is 21.1. The smallest absolute Gasteiger partial charge is 0.259 e. The summed E-state index contributed by atoms with van der Waals surface area (Å²) in [6.07, 6.45) is 3.15. The summed E-state index contributed by atoms with van der Waals surface area (Å²) in [5.41, 5.74) is 2.27. The van der Waals surface area contributed by atoms with Gasteiger partial charge in [0.1, 0.15) is 17.4 Å². The highest BCUT2D eigenvalue weighted by Crippen LogP contribution is 2.27. The number of carbonyl (C=O) groups excluding carboxylic acids is 1. The topological polar surface area (TPSA) is 97.2 Å². The minimum Gasteiger partial charge on any atom is -0.495 e. The minimum absolute atomic E-state index is 0.204. The van der Waals surface area contributed by atoms with Crippen LogP contribution in [0.2, 0.25) is 0 Å². The van der Waals surface area contributed by atoms with Gasteiger partial charge in [0.2, 0.25) is 0 Å². The van der Waals surface area contributed by atoms with Gasteiger partial charge in [-0.1, -0.05) is 0 Å². The number of hydrogen-bond acceptors (Lipinski definition) is 5. The van der Waals surface area contributed by atoms with E-state index in [1.54, 1.807) is 43.8 Å². The van der Waals surface area contributed by atoms with Gasteiger partial charge in [0.05, 0.1) is 36.1 Å². The first-order valence-electron chi connectivity index (χ1n) is 8.48. The Balaban J connectivity index is 1.68. The number of H-pyrrole nitrogens is 1. The van der Waals surface area contributed by atoms with Crippen molar-refractivity contribution in [3.05, 3.63) is 59.4 Å². The zero-order valence-corrected chi connectivity index (χ0v) is 15.4. The number of benzene rings is 1. The number of rotatable bonds is 4. The summed E-state index contributed by atoms with van der Waals surface area (Å²) >= 11 is 0. The molecule has 142 valence electrons. The van der Waals surface area contributed by atoms with Gasteiger partial charge >= 0.3 is 0 Å². The van der Waals surface area contributed by atoms with Crippen molar-refractivity contribution in [3.8, 4) is 17.1 Å². The summed E-state index contributed by atoms with van der Waals surface area (Å²) in [5.74, 6) is 0.615. The molecule has 0 aliphatic carbocycles. The van der Waals surface area contributed by atoms with Crippen LogP contribution in [0.3, 0.4) is 0 Å². The lowest BCUT2D eigenvalue weighted by molar-refractivity contribution is 0.102. The van der Waals surface area contributed by atoms with Crippen LogP contribution in [-0.2, 0) is 0 Å². The molecule has 3 aromatic heterocycles. The normalized spacial score (nSPS) is 11.0. The molecule has 0 atom stereocenters. The molecule has 1 aromatic carbocycles. The van der Waals surface area contributed by atoms with Gasteiger partial charge in [-0.25, -0.2) is 13.9 Å². The first-order chi connectivity index (χ1) is 13.5. The molecule has 0 fully saturated rings. The zero-order chi connectivity index (χ0) is 19.8. The molecule has 8 nitrogen and oxygen atoms in total. The molecule has 2 N–H and O–H groups in total. The lowest BCUT2D eigenvalue weighted by Crippen LogP contribution is -2.13. The standard InChI is InChI=1S/C19H17FN6O2/c1-10-6-15(20)13(18-22-11(2)24-25-18)7-16(10)23-19(27)14-8-21-26-9-12(28-3)4-5-17(14)26/h4-9H,1-3H3,(H,23,27)(H,22,24,25). The summed E-state index contributed by atoms with van der Waals surface area (Å²) in [6, 6.07) is 6.37. The Morgan fingerprint density at radius 3 is 2.82 bits per heavy atom. The summed E-state index contributed by atoms with van der Waals surface area (Å²) in [6.45, 7) is 3.44. The minimum atomic E-state index is -0.461. The van der Waals surface area contributed by atoms with E-state index in [1.807, 2.05) is 0 Å². The van der Waals surface area contributed by atoms with E-state index in [9.17, 15) is 9.18 Å². The predicted octanol–water partition coefficient (Wildman–Crippen LogP) is 3.14. The Morgan fingerprint density at radius 1 is 1.29 bits per heavy atom. The second-order valence-electron chi connectivity index (χ2n) is 6.30. The van der Waals surface area contributed by atoms with Crippen LogP contribution in [0.25, 0.3) is 16.9 Å². The van der Waals surface area contributed by atoms with Crippen molar-refractivity contribution in [2.24, 2.45) is 0 Å². The first kappa shape index (κ1) is 17.7. The Morgan fingerprint density at radius 2 is 2.11 bits per heavy atom. The van der Waals surface area contributed by atoms with Crippen LogP contribution in [0, 0.1) is 19.7 Å². The number of ether oxygens (including phenoxy) is 1. The number of pyridine rings is 1. The SMILES string of the molecule is COc1ccc2c(C(=O)Nc3cc(-c4n[nH]c(C)n4)c(F)cc3C)cnn2c1. The fourth-order valence-corrected chi connectivity index (χ4v) is 2.89. The van der Waals surface area contributed by atoms with Gasteiger partial charge in [0.15, 0.2) is 5.82 Å². The van der Waals surface area contributed by atoms with Crippen LogP contribution in [0.4, 0.5) is 10.1 Å².